The van der Waals surface area contributed by atoms with E-state index in [2.05, 4.69) is 5.10 Å². The van der Waals surface area contributed by atoms with Gasteiger partial charge in [-0.15, -0.1) is 0 Å². The normalized spacial score (nSPS) is 11.3. The summed E-state index contributed by atoms with van der Waals surface area (Å²) >= 11 is 0. The van der Waals surface area contributed by atoms with Gasteiger partial charge in [-0.3, -0.25) is 18.7 Å². The molecule has 0 atom stereocenters. The van der Waals surface area contributed by atoms with Gasteiger partial charge in [0.15, 0.2) is 0 Å². The Kier molecular flexibility index (Phi) is 7.77. The number of rotatable bonds is 7. The SMILES string of the molecule is Cc1c(-c2ccnn2-c2ccc(C#N)cc2)c(=O)n(CCCC(=O)N(C)C)c(=O)n1-c1cccc(C(F)(F)F)c1. The Morgan fingerprint density at radius 2 is 1.75 bits per heavy atom. The lowest BCUT2D eigenvalue weighted by atomic mass is 10.1. The molecule has 0 bridgehead atoms. The van der Waals surface area contributed by atoms with E-state index >= 15 is 0 Å². The average molecular weight is 551 g/mol. The number of hydrogen-bond acceptors (Lipinski definition) is 5. The van der Waals surface area contributed by atoms with E-state index in [4.69, 9.17) is 5.26 Å². The van der Waals surface area contributed by atoms with Crippen molar-refractivity contribution < 1.29 is 18.0 Å². The van der Waals surface area contributed by atoms with Gasteiger partial charge in [0.05, 0.1) is 46.0 Å². The standard InChI is InChI=1S/C28H25F3N6O3/c1-18-25(23-13-14-33-37(23)21-11-9-19(17-32)10-12-21)26(39)35(15-5-8-24(38)34(2)3)27(40)36(18)22-7-4-6-20(16-22)28(29,30)31/h4,6-7,9-14,16H,5,8,15H2,1-3H3. The first-order valence-corrected chi connectivity index (χ1v) is 12.2. The first-order valence-electron chi connectivity index (χ1n) is 12.2. The Morgan fingerprint density at radius 3 is 2.38 bits per heavy atom. The Balaban J connectivity index is 1.95. The zero-order chi connectivity index (χ0) is 29.2. The third-order valence-electron chi connectivity index (χ3n) is 6.42. The molecule has 40 heavy (non-hydrogen) atoms. The van der Waals surface area contributed by atoms with Crippen molar-refractivity contribution in [2.24, 2.45) is 0 Å². The lowest BCUT2D eigenvalue weighted by Crippen LogP contribution is -2.42. The van der Waals surface area contributed by atoms with E-state index in [0.29, 0.717) is 16.9 Å². The van der Waals surface area contributed by atoms with E-state index in [9.17, 15) is 27.6 Å². The smallest absolute Gasteiger partial charge is 0.349 e. The lowest BCUT2D eigenvalue weighted by molar-refractivity contribution is -0.137. The summed E-state index contributed by atoms with van der Waals surface area (Å²) in [7, 11) is 3.17. The molecule has 0 saturated heterocycles. The van der Waals surface area contributed by atoms with Crippen molar-refractivity contribution in [3.63, 3.8) is 0 Å². The zero-order valence-electron chi connectivity index (χ0n) is 21.9. The van der Waals surface area contributed by atoms with Crippen molar-refractivity contribution in [3.05, 3.63) is 98.5 Å². The molecule has 2 aromatic carbocycles. The fraction of sp³-hybridized carbons (Fsp3) is 0.250. The highest BCUT2D eigenvalue weighted by Gasteiger charge is 2.31. The summed E-state index contributed by atoms with van der Waals surface area (Å²) in [5, 5.41) is 13.4. The number of alkyl halides is 3. The summed E-state index contributed by atoms with van der Waals surface area (Å²) in [5.41, 5.74) is -1.10. The summed E-state index contributed by atoms with van der Waals surface area (Å²) in [6, 6.07) is 14.3. The first kappa shape index (κ1) is 28.1. The molecule has 0 aliphatic carbocycles. The molecule has 0 N–H and O–H groups in total. The molecule has 0 aliphatic rings. The molecule has 0 fully saturated rings. The summed E-state index contributed by atoms with van der Waals surface area (Å²) in [4.78, 5) is 40.9. The van der Waals surface area contributed by atoms with Crippen LogP contribution in [0.25, 0.3) is 22.6 Å². The molecule has 4 rings (SSSR count). The molecule has 1 amide bonds. The van der Waals surface area contributed by atoms with Crippen LogP contribution in [0.2, 0.25) is 0 Å². The molecule has 0 saturated carbocycles. The Hall–Kier alpha value is -4.92. The average Bonchev–Trinajstić information content (AvgIpc) is 3.39. The van der Waals surface area contributed by atoms with Gasteiger partial charge < -0.3 is 4.90 Å². The molecule has 0 aliphatic heterocycles. The van der Waals surface area contributed by atoms with Crippen LogP contribution < -0.4 is 11.2 Å². The van der Waals surface area contributed by atoms with Crippen LogP contribution in [-0.2, 0) is 17.5 Å². The number of amides is 1. The fourth-order valence-corrected chi connectivity index (χ4v) is 4.36. The van der Waals surface area contributed by atoms with E-state index in [1.54, 1.807) is 44.4 Å². The molecular weight excluding hydrogens is 525 g/mol. The fourth-order valence-electron chi connectivity index (χ4n) is 4.36. The topological polar surface area (TPSA) is 106 Å². The third-order valence-corrected chi connectivity index (χ3v) is 6.42. The highest BCUT2D eigenvalue weighted by molar-refractivity contribution is 5.75. The van der Waals surface area contributed by atoms with Gasteiger partial charge in [-0.05, 0) is 61.9 Å². The highest BCUT2D eigenvalue weighted by atomic mass is 19.4. The van der Waals surface area contributed by atoms with Crippen LogP contribution in [0, 0.1) is 18.3 Å². The van der Waals surface area contributed by atoms with E-state index in [-0.39, 0.29) is 42.2 Å². The molecule has 0 spiro atoms. The maximum atomic E-state index is 13.8. The van der Waals surface area contributed by atoms with Crippen LogP contribution in [0.1, 0.15) is 29.7 Å². The van der Waals surface area contributed by atoms with Gasteiger partial charge in [0.25, 0.3) is 5.56 Å². The minimum absolute atomic E-state index is 0.0535. The molecule has 0 unspecified atom stereocenters. The number of carbonyl (C=O) groups is 1. The number of benzene rings is 2. The molecule has 4 aromatic rings. The van der Waals surface area contributed by atoms with Crippen LogP contribution in [0.5, 0.6) is 0 Å². The van der Waals surface area contributed by atoms with E-state index in [1.807, 2.05) is 6.07 Å². The predicted molar refractivity (Wildman–Crippen MR) is 141 cm³/mol. The highest BCUT2D eigenvalue weighted by Crippen LogP contribution is 2.31. The van der Waals surface area contributed by atoms with Crippen molar-refractivity contribution in [3.8, 4) is 28.7 Å². The number of carbonyl (C=O) groups excluding carboxylic acids is 1. The Bertz CT molecular complexity index is 1720. The molecular formula is C28H25F3N6O3. The van der Waals surface area contributed by atoms with Crippen molar-refractivity contribution in [1.29, 1.82) is 5.26 Å². The summed E-state index contributed by atoms with van der Waals surface area (Å²) in [6.45, 7) is 1.35. The van der Waals surface area contributed by atoms with E-state index < -0.39 is 23.0 Å². The molecule has 0 radical (unpaired) electrons. The van der Waals surface area contributed by atoms with Crippen LogP contribution in [0.15, 0.2) is 70.4 Å². The van der Waals surface area contributed by atoms with Gasteiger partial charge in [-0.2, -0.15) is 23.5 Å². The molecule has 2 heterocycles. The minimum atomic E-state index is -4.65. The Labute approximate surface area is 226 Å². The number of hydrogen-bond donors (Lipinski definition) is 0. The zero-order valence-corrected chi connectivity index (χ0v) is 21.9. The monoisotopic (exact) mass is 550 g/mol. The molecule has 2 aromatic heterocycles. The number of halogens is 3. The first-order chi connectivity index (χ1) is 18.9. The van der Waals surface area contributed by atoms with Gasteiger partial charge in [0, 0.05) is 32.8 Å². The lowest BCUT2D eigenvalue weighted by Gasteiger charge is -2.19. The maximum Gasteiger partial charge on any atom is 0.416 e. The van der Waals surface area contributed by atoms with Crippen molar-refractivity contribution in [1.82, 2.24) is 23.8 Å². The maximum absolute atomic E-state index is 13.8. The van der Waals surface area contributed by atoms with Crippen LogP contribution in [-0.4, -0.2) is 43.8 Å². The largest absolute Gasteiger partial charge is 0.416 e. The number of nitriles is 1. The molecule has 206 valence electrons. The second kappa shape index (κ2) is 11.1. The molecule has 9 nitrogen and oxygen atoms in total. The predicted octanol–water partition coefficient (Wildman–Crippen LogP) is 3.92. The van der Waals surface area contributed by atoms with Crippen LogP contribution in [0.4, 0.5) is 13.2 Å². The van der Waals surface area contributed by atoms with Gasteiger partial charge >= 0.3 is 11.9 Å². The quantitative estimate of drug-likeness (QED) is 0.347. The second-order valence-corrected chi connectivity index (χ2v) is 9.26. The number of aromatic nitrogens is 4. The third kappa shape index (κ3) is 5.44. The van der Waals surface area contributed by atoms with Gasteiger partial charge in [0.1, 0.15) is 0 Å². The van der Waals surface area contributed by atoms with Crippen LogP contribution in [0.3, 0.4) is 0 Å². The van der Waals surface area contributed by atoms with Crippen molar-refractivity contribution >= 4 is 5.91 Å². The summed E-state index contributed by atoms with van der Waals surface area (Å²) < 4.78 is 44.0. The van der Waals surface area contributed by atoms with Crippen LogP contribution >= 0.6 is 0 Å². The Morgan fingerprint density at radius 1 is 1.05 bits per heavy atom. The van der Waals surface area contributed by atoms with Gasteiger partial charge in [-0.25, -0.2) is 9.48 Å². The van der Waals surface area contributed by atoms with E-state index in [1.165, 1.54) is 34.8 Å². The summed E-state index contributed by atoms with van der Waals surface area (Å²) in [5.74, 6) is -0.197. The summed E-state index contributed by atoms with van der Waals surface area (Å²) in [6.07, 6.45) is -2.97. The second-order valence-electron chi connectivity index (χ2n) is 9.26. The van der Waals surface area contributed by atoms with Crippen molar-refractivity contribution in [2.75, 3.05) is 14.1 Å². The minimum Gasteiger partial charge on any atom is -0.349 e. The van der Waals surface area contributed by atoms with E-state index in [0.717, 1.165) is 21.3 Å². The van der Waals surface area contributed by atoms with Gasteiger partial charge in [0.2, 0.25) is 5.91 Å². The van der Waals surface area contributed by atoms with Gasteiger partial charge in [-0.1, -0.05) is 6.07 Å². The number of nitrogens with zero attached hydrogens (tertiary/aromatic N) is 6. The van der Waals surface area contributed by atoms with Crippen molar-refractivity contribution in [2.45, 2.75) is 32.5 Å². The molecule has 12 heteroatoms.